The summed E-state index contributed by atoms with van der Waals surface area (Å²) in [5.74, 6) is 0.539. The smallest absolute Gasteiger partial charge is 0.130 e. The average Bonchev–Trinajstić information content (AvgIpc) is 2.30. The number of halogens is 2. The highest BCUT2D eigenvalue weighted by atomic mass is 79.9. The van der Waals surface area contributed by atoms with Crippen LogP contribution in [0, 0.1) is 19.7 Å². The normalized spacial score (nSPS) is 10.4. The van der Waals surface area contributed by atoms with Gasteiger partial charge in [-0.1, -0.05) is 39.7 Å². The Morgan fingerprint density at radius 1 is 1.11 bits per heavy atom. The molecule has 2 rings (SSSR count). The number of hydrogen-bond donors (Lipinski definition) is 0. The fourth-order valence-corrected chi connectivity index (χ4v) is 2.09. The predicted octanol–water partition coefficient (Wildman–Crippen LogP) is 4.78. The van der Waals surface area contributed by atoms with Crippen molar-refractivity contribution in [2.45, 2.75) is 20.5 Å². The zero-order chi connectivity index (χ0) is 13.1. The number of rotatable bonds is 3. The lowest BCUT2D eigenvalue weighted by Gasteiger charge is -2.10. The monoisotopic (exact) mass is 308 g/mol. The van der Waals surface area contributed by atoms with Gasteiger partial charge in [0.25, 0.3) is 0 Å². The fraction of sp³-hybridized carbons (Fsp3) is 0.200. The minimum atomic E-state index is -0.255. The molecule has 18 heavy (non-hydrogen) atoms. The van der Waals surface area contributed by atoms with Crippen molar-refractivity contribution in [3.63, 3.8) is 0 Å². The van der Waals surface area contributed by atoms with Crippen LogP contribution in [0.15, 0.2) is 40.9 Å². The van der Waals surface area contributed by atoms with Gasteiger partial charge in [0.1, 0.15) is 18.2 Å². The van der Waals surface area contributed by atoms with Crippen molar-refractivity contribution in [1.29, 1.82) is 0 Å². The third-order valence-electron chi connectivity index (χ3n) is 2.73. The van der Waals surface area contributed by atoms with Crippen molar-refractivity contribution in [1.82, 2.24) is 0 Å². The SMILES string of the molecule is Cc1ccc(OCc2ccc(Br)cc2F)c(C)c1. The highest BCUT2D eigenvalue weighted by Gasteiger charge is 2.05. The molecular formula is C15H14BrFO. The third-order valence-corrected chi connectivity index (χ3v) is 3.22. The summed E-state index contributed by atoms with van der Waals surface area (Å²) in [4.78, 5) is 0. The van der Waals surface area contributed by atoms with Gasteiger partial charge < -0.3 is 4.74 Å². The first-order chi connectivity index (χ1) is 8.56. The maximum absolute atomic E-state index is 13.6. The summed E-state index contributed by atoms with van der Waals surface area (Å²) in [7, 11) is 0. The number of aryl methyl sites for hydroxylation is 2. The summed E-state index contributed by atoms with van der Waals surface area (Å²) in [6, 6.07) is 10.9. The Morgan fingerprint density at radius 3 is 2.56 bits per heavy atom. The van der Waals surface area contributed by atoms with Crippen LogP contribution < -0.4 is 4.74 Å². The van der Waals surface area contributed by atoms with Crippen LogP contribution in [-0.2, 0) is 6.61 Å². The third kappa shape index (κ3) is 3.10. The van der Waals surface area contributed by atoms with E-state index < -0.39 is 0 Å². The average molecular weight is 309 g/mol. The van der Waals surface area contributed by atoms with Crippen LogP contribution in [0.1, 0.15) is 16.7 Å². The standard InChI is InChI=1S/C15H14BrFO/c1-10-3-6-15(11(2)7-10)18-9-12-4-5-13(16)8-14(12)17/h3-8H,9H2,1-2H3. The molecule has 0 unspecified atom stereocenters. The molecule has 2 aromatic rings. The Morgan fingerprint density at radius 2 is 1.89 bits per heavy atom. The van der Waals surface area contributed by atoms with E-state index in [1.54, 1.807) is 6.07 Å². The summed E-state index contributed by atoms with van der Waals surface area (Å²) in [5.41, 5.74) is 2.81. The van der Waals surface area contributed by atoms with Crippen LogP contribution in [0.25, 0.3) is 0 Å². The first-order valence-corrected chi connectivity index (χ1v) is 6.49. The highest BCUT2D eigenvalue weighted by Crippen LogP contribution is 2.21. The minimum absolute atomic E-state index is 0.239. The van der Waals surface area contributed by atoms with Gasteiger partial charge in [0.2, 0.25) is 0 Å². The van der Waals surface area contributed by atoms with Crippen molar-refractivity contribution in [3.05, 3.63) is 63.4 Å². The van der Waals surface area contributed by atoms with Crippen molar-refractivity contribution in [3.8, 4) is 5.75 Å². The topological polar surface area (TPSA) is 9.23 Å². The number of ether oxygens (including phenoxy) is 1. The first-order valence-electron chi connectivity index (χ1n) is 5.70. The summed E-state index contributed by atoms with van der Waals surface area (Å²) >= 11 is 3.23. The molecule has 94 valence electrons. The molecular weight excluding hydrogens is 295 g/mol. The van der Waals surface area contributed by atoms with Crippen LogP contribution >= 0.6 is 15.9 Å². The van der Waals surface area contributed by atoms with E-state index in [0.29, 0.717) is 5.56 Å². The quantitative estimate of drug-likeness (QED) is 0.792. The molecule has 0 aliphatic heterocycles. The highest BCUT2D eigenvalue weighted by molar-refractivity contribution is 9.10. The molecule has 0 atom stereocenters. The molecule has 0 fully saturated rings. The van der Waals surface area contributed by atoms with Crippen LogP contribution in [-0.4, -0.2) is 0 Å². The molecule has 0 aliphatic carbocycles. The van der Waals surface area contributed by atoms with Gasteiger partial charge in [-0.3, -0.25) is 0 Å². The first kappa shape index (κ1) is 13.1. The van der Waals surface area contributed by atoms with Crippen LogP contribution in [0.5, 0.6) is 5.75 Å². The number of benzene rings is 2. The van der Waals surface area contributed by atoms with E-state index in [4.69, 9.17) is 4.74 Å². The van der Waals surface area contributed by atoms with Gasteiger partial charge in [0, 0.05) is 10.0 Å². The second-order valence-corrected chi connectivity index (χ2v) is 5.21. The Kier molecular flexibility index (Phi) is 4.02. The molecule has 0 amide bonds. The van der Waals surface area contributed by atoms with Gasteiger partial charge in [0.15, 0.2) is 0 Å². The van der Waals surface area contributed by atoms with E-state index in [1.165, 1.54) is 11.6 Å². The molecule has 0 saturated heterocycles. The molecule has 2 aromatic carbocycles. The lowest BCUT2D eigenvalue weighted by molar-refractivity contribution is 0.297. The number of hydrogen-bond acceptors (Lipinski definition) is 1. The van der Waals surface area contributed by atoms with E-state index in [9.17, 15) is 4.39 Å². The Labute approximate surface area is 115 Å². The lowest BCUT2D eigenvalue weighted by atomic mass is 10.1. The maximum atomic E-state index is 13.6. The van der Waals surface area contributed by atoms with E-state index in [-0.39, 0.29) is 12.4 Å². The zero-order valence-electron chi connectivity index (χ0n) is 10.3. The van der Waals surface area contributed by atoms with Crippen molar-refractivity contribution >= 4 is 15.9 Å². The van der Waals surface area contributed by atoms with Crippen LogP contribution in [0.2, 0.25) is 0 Å². The molecule has 0 spiro atoms. The largest absolute Gasteiger partial charge is 0.489 e. The molecule has 1 nitrogen and oxygen atoms in total. The molecule has 0 N–H and O–H groups in total. The predicted molar refractivity (Wildman–Crippen MR) is 74.3 cm³/mol. The molecule has 0 bridgehead atoms. The Hall–Kier alpha value is -1.35. The van der Waals surface area contributed by atoms with Gasteiger partial charge in [-0.2, -0.15) is 0 Å². The minimum Gasteiger partial charge on any atom is -0.489 e. The van der Waals surface area contributed by atoms with Crippen molar-refractivity contribution in [2.75, 3.05) is 0 Å². The second-order valence-electron chi connectivity index (χ2n) is 4.29. The molecule has 0 aliphatic rings. The van der Waals surface area contributed by atoms with Crippen LogP contribution in [0.3, 0.4) is 0 Å². The van der Waals surface area contributed by atoms with Gasteiger partial charge in [0.05, 0.1) is 0 Å². The zero-order valence-corrected chi connectivity index (χ0v) is 11.9. The van der Waals surface area contributed by atoms with E-state index in [1.807, 2.05) is 38.1 Å². The molecule has 0 aromatic heterocycles. The summed E-state index contributed by atoms with van der Waals surface area (Å²) in [5, 5.41) is 0. The maximum Gasteiger partial charge on any atom is 0.130 e. The van der Waals surface area contributed by atoms with Gasteiger partial charge in [-0.05, 0) is 37.6 Å². The van der Waals surface area contributed by atoms with Gasteiger partial charge in [-0.15, -0.1) is 0 Å². The fourth-order valence-electron chi connectivity index (χ4n) is 1.76. The van der Waals surface area contributed by atoms with Gasteiger partial charge >= 0.3 is 0 Å². The second kappa shape index (κ2) is 5.53. The van der Waals surface area contributed by atoms with Crippen LogP contribution in [0.4, 0.5) is 4.39 Å². The molecule has 0 radical (unpaired) electrons. The van der Waals surface area contributed by atoms with Crippen molar-refractivity contribution in [2.24, 2.45) is 0 Å². The molecule has 0 saturated carbocycles. The summed E-state index contributed by atoms with van der Waals surface area (Å²) in [6.45, 7) is 4.26. The summed E-state index contributed by atoms with van der Waals surface area (Å²) in [6.07, 6.45) is 0. The van der Waals surface area contributed by atoms with E-state index >= 15 is 0 Å². The van der Waals surface area contributed by atoms with E-state index in [2.05, 4.69) is 15.9 Å². The molecule has 3 heteroatoms. The summed E-state index contributed by atoms with van der Waals surface area (Å²) < 4.78 is 20.0. The lowest BCUT2D eigenvalue weighted by Crippen LogP contribution is -1.99. The Balaban J connectivity index is 2.11. The Bertz CT molecular complexity index is 515. The molecule has 0 heterocycles. The van der Waals surface area contributed by atoms with Crippen molar-refractivity contribution < 1.29 is 9.13 Å². The van der Waals surface area contributed by atoms with E-state index in [0.717, 1.165) is 15.8 Å². The van der Waals surface area contributed by atoms with Gasteiger partial charge in [-0.25, -0.2) is 4.39 Å².